The van der Waals surface area contributed by atoms with Gasteiger partial charge in [0.15, 0.2) is 0 Å². The number of benzene rings is 2. The first kappa shape index (κ1) is 19.4. The third-order valence-electron chi connectivity index (χ3n) is 3.64. The summed E-state index contributed by atoms with van der Waals surface area (Å²) < 4.78 is 14.0. The molecule has 5 nitrogen and oxygen atoms in total. The number of halogens is 2. The van der Waals surface area contributed by atoms with Crippen molar-refractivity contribution in [2.24, 2.45) is 0 Å². The second kappa shape index (κ2) is 9.05. The highest BCUT2D eigenvalue weighted by Crippen LogP contribution is 2.15. The van der Waals surface area contributed by atoms with E-state index in [1.165, 1.54) is 24.3 Å². The first-order valence-electron chi connectivity index (χ1n) is 8.27. The minimum atomic E-state index is -0.392. The van der Waals surface area contributed by atoms with E-state index in [9.17, 15) is 14.0 Å². The van der Waals surface area contributed by atoms with Crippen LogP contribution in [0.3, 0.4) is 0 Å². The van der Waals surface area contributed by atoms with Crippen molar-refractivity contribution in [3.05, 3.63) is 94.4 Å². The van der Waals surface area contributed by atoms with Crippen LogP contribution in [0.25, 0.3) is 6.08 Å². The third kappa shape index (κ3) is 5.59. The Balaban J connectivity index is 1.64. The topological polar surface area (TPSA) is 71.1 Å². The molecule has 0 fully saturated rings. The molecular weight excluding hydrogens is 425 g/mol. The largest absolute Gasteiger partial charge is 0.322 e. The van der Waals surface area contributed by atoms with Crippen molar-refractivity contribution in [3.8, 4) is 0 Å². The average Bonchev–Trinajstić information content (AvgIpc) is 2.68. The van der Waals surface area contributed by atoms with Crippen LogP contribution in [0.1, 0.15) is 15.9 Å². The quantitative estimate of drug-likeness (QED) is 0.556. The molecule has 7 heteroatoms. The van der Waals surface area contributed by atoms with Crippen molar-refractivity contribution in [1.29, 1.82) is 0 Å². The molecule has 2 N–H and O–H groups in total. The highest BCUT2D eigenvalue weighted by molar-refractivity contribution is 9.10. The van der Waals surface area contributed by atoms with Gasteiger partial charge in [0, 0.05) is 28.0 Å². The second-order valence-electron chi connectivity index (χ2n) is 5.77. The first-order valence-corrected chi connectivity index (χ1v) is 9.06. The fourth-order valence-electron chi connectivity index (χ4n) is 2.34. The van der Waals surface area contributed by atoms with E-state index in [4.69, 9.17) is 0 Å². The number of pyridine rings is 1. The van der Waals surface area contributed by atoms with Gasteiger partial charge >= 0.3 is 0 Å². The molecule has 0 atom stereocenters. The number of amides is 2. The van der Waals surface area contributed by atoms with E-state index in [-0.39, 0.29) is 11.7 Å². The maximum Gasteiger partial charge on any atom is 0.256 e. The van der Waals surface area contributed by atoms with Crippen LogP contribution < -0.4 is 10.6 Å². The van der Waals surface area contributed by atoms with Gasteiger partial charge in [-0.1, -0.05) is 18.2 Å². The highest BCUT2D eigenvalue weighted by atomic mass is 79.9. The van der Waals surface area contributed by atoms with Crippen LogP contribution >= 0.6 is 15.9 Å². The minimum Gasteiger partial charge on any atom is -0.322 e. The van der Waals surface area contributed by atoms with Crippen molar-refractivity contribution < 1.29 is 14.0 Å². The molecule has 1 heterocycles. The fraction of sp³-hybridized carbons (Fsp3) is 0. The number of nitrogens with zero attached hydrogens (tertiary/aromatic N) is 1. The zero-order chi connectivity index (χ0) is 19.9. The van der Waals surface area contributed by atoms with Gasteiger partial charge in [0.1, 0.15) is 11.6 Å². The average molecular weight is 440 g/mol. The minimum absolute atomic E-state index is 0.346. The van der Waals surface area contributed by atoms with Gasteiger partial charge in [0.25, 0.3) is 5.91 Å². The summed E-state index contributed by atoms with van der Waals surface area (Å²) in [5, 5.41) is 5.36. The number of carbonyl (C=O) groups excluding carboxylic acids is 2. The SMILES string of the molecule is O=C(C=Cc1cccc(F)c1)Nc1cccc(C(=O)Nc2ccc(Br)cn2)c1. The van der Waals surface area contributed by atoms with Crippen molar-refractivity contribution >= 4 is 45.3 Å². The van der Waals surface area contributed by atoms with Gasteiger partial charge in [-0.2, -0.15) is 0 Å². The standard InChI is InChI=1S/C21H15BrFN3O2/c22-16-8-9-19(24-13-16)26-21(28)15-4-2-6-18(12-15)25-20(27)10-7-14-3-1-5-17(23)11-14/h1-13H,(H,25,27)(H,24,26,28). The molecule has 3 rings (SSSR count). The van der Waals surface area contributed by atoms with Gasteiger partial charge < -0.3 is 10.6 Å². The second-order valence-corrected chi connectivity index (χ2v) is 6.69. The molecule has 140 valence electrons. The summed E-state index contributed by atoms with van der Waals surface area (Å²) in [5.41, 5.74) is 1.41. The van der Waals surface area contributed by atoms with Crippen LogP contribution in [0.4, 0.5) is 15.9 Å². The Morgan fingerprint density at radius 2 is 1.82 bits per heavy atom. The summed E-state index contributed by atoms with van der Waals surface area (Å²) in [6, 6.07) is 15.9. The monoisotopic (exact) mass is 439 g/mol. The first-order chi connectivity index (χ1) is 13.5. The Bertz CT molecular complexity index is 1040. The number of anilines is 2. The number of hydrogen-bond donors (Lipinski definition) is 2. The van der Waals surface area contributed by atoms with Gasteiger partial charge in [-0.15, -0.1) is 0 Å². The lowest BCUT2D eigenvalue weighted by atomic mass is 10.2. The molecule has 0 aliphatic carbocycles. The number of rotatable bonds is 5. The van der Waals surface area contributed by atoms with Crippen LogP contribution in [0, 0.1) is 5.82 Å². The van der Waals surface area contributed by atoms with Gasteiger partial charge in [0.05, 0.1) is 0 Å². The number of carbonyl (C=O) groups is 2. The van der Waals surface area contributed by atoms with Crippen molar-refractivity contribution in [1.82, 2.24) is 4.98 Å². The third-order valence-corrected chi connectivity index (χ3v) is 4.11. The number of aromatic nitrogens is 1. The zero-order valence-electron chi connectivity index (χ0n) is 14.5. The lowest BCUT2D eigenvalue weighted by Gasteiger charge is -2.07. The van der Waals surface area contributed by atoms with Crippen molar-refractivity contribution in [2.45, 2.75) is 0 Å². The molecule has 3 aromatic rings. The molecular formula is C21H15BrFN3O2. The van der Waals surface area contributed by atoms with Gasteiger partial charge in [-0.05, 0) is 70.0 Å². The Morgan fingerprint density at radius 1 is 1.00 bits per heavy atom. The predicted molar refractivity (Wildman–Crippen MR) is 110 cm³/mol. The number of hydrogen-bond acceptors (Lipinski definition) is 3. The Kier molecular flexibility index (Phi) is 6.29. The van der Waals surface area contributed by atoms with Crippen LogP contribution in [-0.2, 0) is 4.79 Å². The molecule has 28 heavy (non-hydrogen) atoms. The Hall–Kier alpha value is -3.32. The molecule has 1 aromatic heterocycles. The molecule has 0 saturated carbocycles. The molecule has 0 saturated heterocycles. The maximum atomic E-state index is 13.2. The summed E-state index contributed by atoms with van der Waals surface area (Å²) in [5.74, 6) is -0.695. The lowest BCUT2D eigenvalue weighted by Crippen LogP contribution is -2.14. The summed E-state index contributed by atoms with van der Waals surface area (Å²) in [6.07, 6.45) is 4.39. The zero-order valence-corrected chi connectivity index (χ0v) is 16.1. The molecule has 0 aliphatic rings. The molecule has 2 aromatic carbocycles. The summed E-state index contributed by atoms with van der Waals surface area (Å²) in [7, 11) is 0. The molecule has 0 spiro atoms. The smallest absolute Gasteiger partial charge is 0.256 e. The van der Waals surface area contributed by atoms with Crippen LogP contribution in [-0.4, -0.2) is 16.8 Å². The molecule has 0 radical (unpaired) electrons. The van der Waals surface area contributed by atoms with Crippen LogP contribution in [0.2, 0.25) is 0 Å². The molecule has 0 aliphatic heterocycles. The molecule has 0 bridgehead atoms. The Labute approximate surface area is 169 Å². The van der Waals surface area contributed by atoms with Crippen molar-refractivity contribution in [3.63, 3.8) is 0 Å². The van der Waals surface area contributed by atoms with E-state index < -0.39 is 5.91 Å². The van der Waals surface area contributed by atoms with E-state index in [0.29, 0.717) is 22.6 Å². The Morgan fingerprint density at radius 3 is 2.57 bits per heavy atom. The normalized spacial score (nSPS) is 10.6. The van der Waals surface area contributed by atoms with Gasteiger partial charge in [0.2, 0.25) is 5.91 Å². The van der Waals surface area contributed by atoms with E-state index in [1.807, 2.05) is 0 Å². The van der Waals surface area contributed by atoms with Crippen LogP contribution in [0.15, 0.2) is 77.4 Å². The predicted octanol–water partition coefficient (Wildman–Crippen LogP) is 4.89. The summed E-state index contributed by atoms with van der Waals surface area (Å²) in [4.78, 5) is 28.5. The van der Waals surface area contributed by atoms with Crippen LogP contribution in [0.5, 0.6) is 0 Å². The summed E-state index contributed by atoms with van der Waals surface area (Å²) in [6.45, 7) is 0. The number of nitrogens with one attached hydrogen (secondary N) is 2. The molecule has 0 unspecified atom stereocenters. The highest BCUT2D eigenvalue weighted by Gasteiger charge is 2.08. The van der Waals surface area contributed by atoms with Gasteiger partial charge in [-0.25, -0.2) is 9.37 Å². The van der Waals surface area contributed by atoms with E-state index in [1.54, 1.807) is 54.7 Å². The molecule has 2 amide bonds. The van der Waals surface area contributed by atoms with E-state index in [0.717, 1.165) is 4.47 Å². The fourth-order valence-corrected chi connectivity index (χ4v) is 2.58. The summed E-state index contributed by atoms with van der Waals surface area (Å²) >= 11 is 3.28. The maximum absolute atomic E-state index is 13.2. The van der Waals surface area contributed by atoms with Gasteiger partial charge in [-0.3, -0.25) is 9.59 Å². The van der Waals surface area contributed by atoms with E-state index >= 15 is 0 Å². The lowest BCUT2D eigenvalue weighted by molar-refractivity contribution is -0.111. The van der Waals surface area contributed by atoms with E-state index in [2.05, 4.69) is 31.5 Å². The van der Waals surface area contributed by atoms with Crippen molar-refractivity contribution in [2.75, 3.05) is 10.6 Å².